The first-order chi connectivity index (χ1) is 24.6. The smallest absolute Gasteiger partial charge is 0.744 e. The molecule has 0 aliphatic heterocycles. The summed E-state index contributed by atoms with van der Waals surface area (Å²) >= 11 is 0. The maximum atomic E-state index is 10.4. The van der Waals surface area contributed by atoms with Crippen LogP contribution in [0.3, 0.4) is 0 Å². The fraction of sp³-hybridized carbons (Fsp3) is 0.195. The van der Waals surface area contributed by atoms with E-state index in [2.05, 4.69) is 86.3 Å². The van der Waals surface area contributed by atoms with E-state index in [1.807, 2.05) is 31.2 Å². The third-order valence-electron chi connectivity index (χ3n) is 7.58. The molecule has 0 fully saturated rings. The second kappa shape index (κ2) is 23.1. The van der Waals surface area contributed by atoms with Gasteiger partial charge >= 0.3 is 20.4 Å². The summed E-state index contributed by atoms with van der Waals surface area (Å²) in [4.78, 5) is -0.178. The average molecular weight is 851 g/mol. The zero-order chi connectivity index (χ0) is 37.2. The molecule has 0 amide bonds. The van der Waals surface area contributed by atoms with Gasteiger partial charge in [-0.2, -0.15) is 0 Å². The number of para-hydroxylation sites is 4. The fourth-order valence-corrected chi connectivity index (χ4v) is 11.2. The Morgan fingerprint density at radius 3 is 1.12 bits per heavy atom. The summed E-state index contributed by atoms with van der Waals surface area (Å²) in [7, 11) is 1.32. The zero-order valence-electron chi connectivity index (χ0n) is 30.1. The Labute approximate surface area is 326 Å². The predicted octanol–water partition coefficient (Wildman–Crippen LogP) is 7.58. The van der Waals surface area contributed by atoms with Gasteiger partial charge in [-0.05, 0) is 77.9 Å². The molecular formula is C41H46O7P2PdS. The van der Waals surface area contributed by atoms with Crippen molar-refractivity contribution in [3.63, 3.8) is 0 Å². The number of ether oxygens (including phenoxy) is 4. The molecule has 0 radical (unpaired) electrons. The number of aryl methyl sites for hydroxylation is 1. The second-order valence-electron chi connectivity index (χ2n) is 10.9. The van der Waals surface area contributed by atoms with Crippen molar-refractivity contribution in [2.45, 2.75) is 18.2 Å². The van der Waals surface area contributed by atoms with E-state index < -0.39 is 26.0 Å². The van der Waals surface area contributed by atoms with Gasteiger partial charge < -0.3 is 23.5 Å². The van der Waals surface area contributed by atoms with Crippen molar-refractivity contribution in [1.29, 1.82) is 0 Å². The van der Waals surface area contributed by atoms with Gasteiger partial charge in [-0.25, -0.2) is 28.0 Å². The molecule has 0 N–H and O–H groups in total. The summed E-state index contributed by atoms with van der Waals surface area (Å²) in [5.74, 6) is 3.71. The van der Waals surface area contributed by atoms with E-state index in [1.54, 1.807) is 40.6 Å². The molecule has 0 bridgehead atoms. The van der Waals surface area contributed by atoms with E-state index >= 15 is 0 Å². The number of rotatable bonds is 13. The van der Waals surface area contributed by atoms with Crippen molar-refractivity contribution in [2.75, 3.05) is 40.8 Å². The summed E-state index contributed by atoms with van der Waals surface area (Å²) in [5.41, 5.74) is 0.928. The number of hydrogen-bond donors (Lipinski definition) is 0. The van der Waals surface area contributed by atoms with Crippen LogP contribution in [0.1, 0.15) is 12.0 Å². The van der Waals surface area contributed by atoms with Gasteiger partial charge in [0, 0.05) is 21.2 Å². The van der Waals surface area contributed by atoms with E-state index in [0.717, 1.165) is 47.3 Å². The van der Waals surface area contributed by atoms with Crippen LogP contribution in [-0.4, -0.2) is 53.7 Å². The minimum atomic E-state index is -4.27. The quantitative estimate of drug-likeness (QED) is 0.0522. The van der Waals surface area contributed by atoms with E-state index in [-0.39, 0.29) is 25.3 Å². The summed E-state index contributed by atoms with van der Waals surface area (Å²) in [5, 5.41) is 4.96. The topological polar surface area (TPSA) is 94.1 Å². The second-order valence-corrected chi connectivity index (χ2v) is 16.8. The van der Waals surface area contributed by atoms with Crippen LogP contribution in [0.25, 0.3) is 0 Å². The van der Waals surface area contributed by atoms with Crippen LogP contribution in [0.5, 0.6) is 23.0 Å². The molecule has 0 atom stereocenters. The van der Waals surface area contributed by atoms with E-state index in [1.165, 1.54) is 39.4 Å². The first-order valence-electron chi connectivity index (χ1n) is 16.1. The van der Waals surface area contributed by atoms with Crippen LogP contribution in [0.4, 0.5) is 0 Å². The Balaban J connectivity index is 0.000000526. The van der Waals surface area contributed by atoms with E-state index in [9.17, 15) is 13.0 Å². The molecule has 0 spiro atoms. The summed E-state index contributed by atoms with van der Waals surface area (Å²) in [6.45, 7) is 8.32. The monoisotopic (exact) mass is 850 g/mol. The van der Waals surface area contributed by atoms with Gasteiger partial charge in [-0.15, -0.1) is 0 Å². The Hall–Kier alpha value is -3.66. The third-order valence-corrected chi connectivity index (χ3v) is 13.8. The molecule has 0 saturated heterocycles. The van der Waals surface area contributed by atoms with Gasteiger partial charge in [0.15, 0.2) is 0 Å². The van der Waals surface area contributed by atoms with Crippen molar-refractivity contribution < 1.29 is 52.3 Å². The van der Waals surface area contributed by atoms with Crippen molar-refractivity contribution in [3.8, 4) is 23.0 Å². The first kappa shape index (κ1) is 44.5. The average Bonchev–Trinajstić information content (AvgIpc) is 3.15. The van der Waals surface area contributed by atoms with Crippen LogP contribution in [0.2, 0.25) is 0 Å². The zero-order valence-corrected chi connectivity index (χ0v) is 34.3. The van der Waals surface area contributed by atoms with Crippen LogP contribution in [0.15, 0.2) is 139 Å². The minimum absolute atomic E-state index is 0. The first-order valence-corrected chi connectivity index (χ1v) is 20.6. The fourth-order valence-electron chi connectivity index (χ4n) is 5.24. The molecule has 52 heavy (non-hydrogen) atoms. The number of benzene rings is 5. The van der Waals surface area contributed by atoms with Gasteiger partial charge in [0.05, 0.1) is 33.3 Å². The Kier molecular flexibility index (Phi) is 19.8. The molecule has 0 heterocycles. The maximum Gasteiger partial charge on any atom is 2.00 e. The molecule has 7 nitrogen and oxygen atoms in total. The molecule has 0 aliphatic rings. The number of hydrogen-bond acceptors (Lipinski definition) is 7. The molecule has 0 aromatic heterocycles. The van der Waals surface area contributed by atoms with Crippen LogP contribution in [0, 0.1) is 13.8 Å². The van der Waals surface area contributed by atoms with E-state index in [0.29, 0.717) is 0 Å². The summed E-state index contributed by atoms with van der Waals surface area (Å²) in [6, 6.07) is 39.3. The van der Waals surface area contributed by atoms with E-state index in [4.69, 9.17) is 18.9 Å². The molecular weight excluding hydrogens is 805 g/mol. The summed E-state index contributed by atoms with van der Waals surface area (Å²) < 4.78 is 54.3. The molecule has 11 heteroatoms. The minimum Gasteiger partial charge on any atom is -0.744 e. The van der Waals surface area contributed by atoms with Crippen molar-refractivity contribution in [3.05, 3.63) is 146 Å². The molecule has 5 rings (SSSR count). The maximum absolute atomic E-state index is 10.4. The molecule has 278 valence electrons. The Morgan fingerprint density at radius 2 is 0.865 bits per heavy atom. The number of allylic oxidation sites excluding steroid dienone is 1. The van der Waals surface area contributed by atoms with Gasteiger partial charge in [-0.1, -0.05) is 90.5 Å². The molecule has 5 aromatic carbocycles. The predicted molar refractivity (Wildman–Crippen MR) is 213 cm³/mol. The molecule has 5 aromatic rings. The SMILES string of the molecule is C=C[CH2-].COc1ccccc1P(CCCP(c1ccccc1OC)c1ccccc1OC)c1ccccc1OC.Cc1ccc(S(=O)(=O)[O-])cc1.[Pd+2]. The van der Waals surface area contributed by atoms with Crippen LogP contribution >= 0.6 is 15.8 Å². The molecule has 0 saturated carbocycles. The Morgan fingerprint density at radius 1 is 0.596 bits per heavy atom. The van der Waals surface area contributed by atoms with Gasteiger partial charge in [-0.3, -0.25) is 0 Å². The van der Waals surface area contributed by atoms with Gasteiger partial charge in [0.25, 0.3) is 0 Å². The van der Waals surface area contributed by atoms with Gasteiger partial charge in [0.1, 0.15) is 33.1 Å². The van der Waals surface area contributed by atoms with Crippen molar-refractivity contribution >= 4 is 47.2 Å². The summed E-state index contributed by atoms with van der Waals surface area (Å²) in [6.07, 6.45) is 4.56. The van der Waals surface area contributed by atoms with Crippen LogP contribution in [-0.2, 0) is 30.5 Å². The molecule has 0 aliphatic carbocycles. The largest absolute Gasteiger partial charge is 2.00 e. The number of methoxy groups -OCH3 is 4. The Bertz CT molecular complexity index is 1730. The standard InChI is InChI=1S/C31H34O4P2.C7H8O3S.C3H5.Pd/c1-32-24-14-5-9-18-28(24)36(29-19-10-6-15-25(29)33-2)22-13-23-37(30-20-11-7-16-26(30)34-3)31-21-12-8-17-27(31)35-4;1-6-2-4-7(5-3-6)11(8,9)10;1-3-2;/h5-12,14-21H,13,22-23H2,1-4H3;2-5H,1H3,(H,8,9,10);3H,1-2H2;/q;;-1;+2/p-1. The normalized spacial score (nSPS) is 10.5. The third kappa shape index (κ3) is 12.8. The van der Waals surface area contributed by atoms with Crippen molar-refractivity contribution in [2.24, 2.45) is 0 Å². The van der Waals surface area contributed by atoms with Crippen LogP contribution < -0.4 is 40.2 Å². The van der Waals surface area contributed by atoms with Gasteiger partial charge in [0.2, 0.25) is 0 Å². The van der Waals surface area contributed by atoms with Crippen molar-refractivity contribution in [1.82, 2.24) is 0 Å². The molecule has 0 unspecified atom stereocenters.